The lowest BCUT2D eigenvalue weighted by atomic mass is 10.0. The second kappa shape index (κ2) is 11.7. The predicted molar refractivity (Wildman–Crippen MR) is 102 cm³/mol. The third-order valence-electron chi connectivity index (χ3n) is 4.49. The van der Waals surface area contributed by atoms with Crippen molar-refractivity contribution in [3.05, 3.63) is 35.4 Å². The second-order valence-corrected chi connectivity index (χ2v) is 6.36. The summed E-state index contributed by atoms with van der Waals surface area (Å²) in [4.78, 5) is 12.3. The Bertz CT molecular complexity index is 517. The van der Waals surface area contributed by atoms with E-state index in [4.69, 9.17) is 4.74 Å². The number of nitrogens with one attached hydrogen (secondary N) is 1. The molecular formula is C21H33NO2. The van der Waals surface area contributed by atoms with E-state index in [0.717, 1.165) is 35.4 Å². The van der Waals surface area contributed by atoms with Crippen LogP contribution in [0.5, 0.6) is 5.75 Å². The van der Waals surface area contributed by atoms with Crippen molar-refractivity contribution < 1.29 is 9.53 Å². The maximum absolute atomic E-state index is 12.3. The smallest absolute Gasteiger partial charge is 0.247 e. The molecule has 24 heavy (non-hydrogen) atoms. The highest BCUT2D eigenvalue weighted by Gasteiger charge is 2.09. The van der Waals surface area contributed by atoms with Crippen LogP contribution in [0.2, 0.25) is 0 Å². The zero-order valence-electron chi connectivity index (χ0n) is 15.8. The van der Waals surface area contributed by atoms with E-state index in [-0.39, 0.29) is 5.91 Å². The molecule has 0 radical (unpaired) electrons. The van der Waals surface area contributed by atoms with Crippen molar-refractivity contribution in [2.24, 2.45) is 0 Å². The molecule has 3 heteroatoms. The number of carbonyl (C=O) groups excluding carboxylic acids is 1. The zero-order valence-corrected chi connectivity index (χ0v) is 15.8. The largest absolute Gasteiger partial charge is 0.497 e. The Morgan fingerprint density at radius 1 is 0.958 bits per heavy atom. The number of carbonyl (C=O) groups is 1. The topological polar surface area (TPSA) is 38.3 Å². The Kier molecular flexibility index (Phi) is 9.90. The van der Waals surface area contributed by atoms with E-state index >= 15 is 0 Å². The molecule has 0 saturated heterocycles. The molecule has 0 aromatic heterocycles. The molecular weight excluding hydrogens is 298 g/mol. The van der Waals surface area contributed by atoms with Gasteiger partial charge in [0.05, 0.1) is 7.11 Å². The molecule has 0 saturated carbocycles. The number of allylic oxidation sites excluding steroid dienone is 1. The molecule has 0 unspecified atom stereocenters. The number of ether oxygens (including phenoxy) is 1. The van der Waals surface area contributed by atoms with Crippen LogP contribution in [0, 0.1) is 0 Å². The van der Waals surface area contributed by atoms with Crippen LogP contribution < -0.4 is 10.1 Å². The summed E-state index contributed by atoms with van der Waals surface area (Å²) in [5.41, 5.74) is 2.84. The molecule has 0 bridgehead atoms. The number of unbranched alkanes of at least 4 members (excludes halogenated alkanes) is 6. The van der Waals surface area contributed by atoms with Crippen molar-refractivity contribution in [3.8, 4) is 5.75 Å². The molecule has 0 aliphatic carbocycles. The van der Waals surface area contributed by atoms with Gasteiger partial charge in [-0.15, -0.1) is 0 Å². The summed E-state index contributed by atoms with van der Waals surface area (Å²) in [6.07, 6.45) is 8.82. The number of hydrogen-bond acceptors (Lipinski definition) is 2. The third-order valence-corrected chi connectivity index (χ3v) is 4.49. The lowest BCUT2D eigenvalue weighted by Gasteiger charge is -2.10. The molecule has 1 amide bonds. The van der Waals surface area contributed by atoms with Crippen LogP contribution in [0.25, 0.3) is 5.57 Å². The van der Waals surface area contributed by atoms with Gasteiger partial charge in [-0.3, -0.25) is 4.79 Å². The van der Waals surface area contributed by atoms with E-state index in [1.165, 1.54) is 38.5 Å². The normalized spacial score (nSPS) is 11.8. The van der Waals surface area contributed by atoms with E-state index in [2.05, 4.69) is 12.2 Å². The zero-order chi connectivity index (χ0) is 17.8. The number of methoxy groups -OCH3 is 1. The summed E-state index contributed by atoms with van der Waals surface area (Å²) in [5.74, 6) is 0.863. The number of hydrogen-bond donors (Lipinski definition) is 1. The first-order valence-corrected chi connectivity index (χ1v) is 9.20. The van der Waals surface area contributed by atoms with Crippen LogP contribution in [0.3, 0.4) is 0 Å². The van der Waals surface area contributed by atoms with Gasteiger partial charge in [-0.25, -0.2) is 0 Å². The van der Waals surface area contributed by atoms with E-state index in [0.29, 0.717) is 0 Å². The minimum atomic E-state index is 0.0364. The summed E-state index contributed by atoms with van der Waals surface area (Å²) >= 11 is 0. The molecule has 0 atom stereocenters. The first-order valence-electron chi connectivity index (χ1n) is 9.20. The van der Waals surface area contributed by atoms with Gasteiger partial charge < -0.3 is 10.1 Å². The number of benzene rings is 1. The van der Waals surface area contributed by atoms with Crippen molar-refractivity contribution in [3.63, 3.8) is 0 Å². The van der Waals surface area contributed by atoms with Gasteiger partial charge in [0.1, 0.15) is 5.75 Å². The summed E-state index contributed by atoms with van der Waals surface area (Å²) in [6, 6.07) is 7.81. The SMILES string of the molecule is CCCCCCCCCNC(=O)C(C)=C(C)c1ccc(OC)cc1. The summed E-state index contributed by atoms with van der Waals surface area (Å²) in [5, 5.41) is 3.04. The summed E-state index contributed by atoms with van der Waals surface area (Å²) in [7, 11) is 1.65. The summed E-state index contributed by atoms with van der Waals surface area (Å²) in [6.45, 7) is 6.88. The Morgan fingerprint density at radius 2 is 1.54 bits per heavy atom. The Morgan fingerprint density at radius 3 is 2.12 bits per heavy atom. The van der Waals surface area contributed by atoms with Crippen LogP contribution >= 0.6 is 0 Å². The maximum atomic E-state index is 12.3. The number of amides is 1. The molecule has 134 valence electrons. The minimum absolute atomic E-state index is 0.0364. The molecule has 0 spiro atoms. The average Bonchev–Trinajstić information content (AvgIpc) is 2.62. The molecule has 0 heterocycles. The van der Waals surface area contributed by atoms with Gasteiger partial charge in [0.25, 0.3) is 0 Å². The molecule has 1 aromatic carbocycles. The Labute approximate surface area is 147 Å². The van der Waals surface area contributed by atoms with Crippen LogP contribution in [0.4, 0.5) is 0 Å². The van der Waals surface area contributed by atoms with Crippen LogP contribution in [0.1, 0.15) is 71.3 Å². The van der Waals surface area contributed by atoms with E-state index in [1.807, 2.05) is 38.1 Å². The highest BCUT2D eigenvalue weighted by molar-refractivity contribution is 6.00. The van der Waals surface area contributed by atoms with E-state index in [9.17, 15) is 4.79 Å². The first kappa shape index (κ1) is 20.3. The molecule has 1 N–H and O–H groups in total. The van der Waals surface area contributed by atoms with Gasteiger partial charge in [0.2, 0.25) is 5.91 Å². The van der Waals surface area contributed by atoms with E-state index in [1.54, 1.807) is 7.11 Å². The first-order chi connectivity index (χ1) is 11.6. The monoisotopic (exact) mass is 331 g/mol. The van der Waals surface area contributed by atoms with Gasteiger partial charge in [-0.1, -0.05) is 57.6 Å². The molecule has 0 aliphatic rings. The van der Waals surface area contributed by atoms with Gasteiger partial charge in [0.15, 0.2) is 0 Å². The van der Waals surface area contributed by atoms with Crippen LogP contribution in [-0.4, -0.2) is 19.6 Å². The lowest BCUT2D eigenvalue weighted by Crippen LogP contribution is -2.25. The quantitative estimate of drug-likeness (QED) is 0.438. The van der Waals surface area contributed by atoms with Crippen molar-refractivity contribution >= 4 is 11.5 Å². The van der Waals surface area contributed by atoms with Crippen LogP contribution in [0.15, 0.2) is 29.8 Å². The molecule has 1 rings (SSSR count). The van der Waals surface area contributed by atoms with Crippen LogP contribution in [-0.2, 0) is 4.79 Å². The van der Waals surface area contributed by atoms with Gasteiger partial charge in [-0.2, -0.15) is 0 Å². The van der Waals surface area contributed by atoms with Gasteiger partial charge in [0, 0.05) is 12.1 Å². The minimum Gasteiger partial charge on any atom is -0.497 e. The Balaban J connectivity index is 2.37. The van der Waals surface area contributed by atoms with Crippen molar-refractivity contribution in [2.75, 3.05) is 13.7 Å². The second-order valence-electron chi connectivity index (χ2n) is 6.36. The molecule has 0 aliphatic heterocycles. The fraction of sp³-hybridized carbons (Fsp3) is 0.571. The van der Waals surface area contributed by atoms with Gasteiger partial charge >= 0.3 is 0 Å². The fourth-order valence-electron chi connectivity index (χ4n) is 2.64. The highest BCUT2D eigenvalue weighted by Crippen LogP contribution is 2.21. The molecule has 3 nitrogen and oxygen atoms in total. The standard InChI is InChI=1S/C21H33NO2/c1-5-6-7-8-9-10-11-16-22-21(23)18(3)17(2)19-12-14-20(24-4)15-13-19/h12-15H,5-11,16H2,1-4H3,(H,22,23). The number of rotatable bonds is 11. The average molecular weight is 332 g/mol. The maximum Gasteiger partial charge on any atom is 0.247 e. The molecule has 0 fully saturated rings. The van der Waals surface area contributed by atoms with Gasteiger partial charge in [-0.05, 0) is 43.5 Å². The van der Waals surface area contributed by atoms with Crippen molar-refractivity contribution in [1.82, 2.24) is 5.32 Å². The predicted octanol–water partition coefficient (Wildman–Crippen LogP) is 5.36. The van der Waals surface area contributed by atoms with Crippen molar-refractivity contribution in [2.45, 2.75) is 65.7 Å². The fourth-order valence-corrected chi connectivity index (χ4v) is 2.64. The summed E-state index contributed by atoms with van der Waals surface area (Å²) < 4.78 is 5.17. The third kappa shape index (κ3) is 7.20. The van der Waals surface area contributed by atoms with E-state index < -0.39 is 0 Å². The van der Waals surface area contributed by atoms with Crippen molar-refractivity contribution in [1.29, 1.82) is 0 Å². The highest BCUT2D eigenvalue weighted by atomic mass is 16.5. The Hall–Kier alpha value is -1.77. The molecule has 1 aromatic rings. The lowest BCUT2D eigenvalue weighted by molar-refractivity contribution is -0.117.